The van der Waals surface area contributed by atoms with E-state index in [1.165, 1.54) is 14.0 Å². The molecule has 0 saturated carbocycles. The van der Waals surface area contributed by atoms with E-state index >= 15 is 0 Å². The van der Waals surface area contributed by atoms with Gasteiger partial charge in [-0.3, -0.25) is 4.79 Å². The number of carboxylic acid groups (broad SMARTS) is 1. The molecule has 1 amide bonds. The number of benzene rings is 1. The maximum atomic E-state index is 11.9. The van der Waals surface area contributed by atoms with Gasteiger partial charge in [0.15, 0.2) is 0 Å². The first-order valence-electron chi connectivity index (χ1n) is 5.26. The molecule has 4 nitrogen and oxygen atoms in total. The van der Waals surface area contributed by atoms with Crippen LogP contribution in [0, 0.1) is 0 Å². The molecule has 0 radical (unpaired) electrons. The third-order valence-electron chi connectivity index (χ3n) is 2.72. The second-order valence-corrected chi connectivity index (χ2v) is 4.71. The fourth-order valence-corrected chi connectivity index (χ4v) is 1.89. The lowest BCUT2D eigenvalue weighted by molar-refractivity contribution is -0.147. The van der Waals surface area contributed by atoms with Crippen LogP contribution in [0.15, 0.2) is 18.2 Å². The van der Waals surface area contributed by atoms with Crippen LogP contribution in [0.25, 0.3) is 0 Å². The van der Waals surface area contributed by atoms with E-state index in [0.29, 0.717) is 15.6 Å². The van der Waals surface area contributed by atoms with E-state index in [1.54, 1.807) is 18.2 Å². The van der Waals surface area contributed by atoms with Gasteiger partial charge in [0.1, 0.15) is 6.04 Å². The molecule has 0 fully saturated rings. The minimum atomic E-state index is -1.06. The summed E-state index contributed by atoms with van der Waals surface area (Å²) in [6, 6.07) is 4.06. The molecule has 1 aromatic carbocycles. The first kappa shape index (κ1) is 14.8. The molecule has 1 N–H and O–H groups in total. The molecular weight excluding hydrogens is 277 g/mol. The summed E-state index contributed by atoms with van der Waals surface area (Å²) in [5.41, 5.74) is 0.510. The molecule has 0 heterocycles. The first-order chi connectivity index (χ1) is 8.34. The van der Waals surface area contributed by atoms with E-state index in [-0.39, 0.29) is 12.3 Å². The minimum absolute atomic E-state index is 0.0212. The van der Waals surface area contributed by atoms with Crippen molar-refractivity contribution in [1.82, 2.24) is 4.90 Å². The van der Waals surface area contributed by atoms with Crippen molar-refractivity contribution in [1.29, 1.82) is 0 Å². The van der Waals surface area contributed by atoms with Gasteiger partial charge in [-0.1, -0.05) is 29.3 Å². The Morgan fingerprint density at radius 2 is 1.83 bits per heavy atom. The van der Waals surface area contributed by atoms with Crippen molar-refractivity contribution in [2.24, 2.45) is 0 Å². The smallest absolute Gasteiger partial charge is 0.326 e. The van der Waals surface area contributed by atoms with E-state index in [1.807, 2.05) is 0 Å². The van der Waals surface area contributed by atoms with Gasteiger partial charge in [0.2, 0.25) is 5.91 Å². The number of hydrogen-bond acceptors (Lipinski definition) is 2. The maximum absolute atomic E-state index is 11.9. The number of carbonyl (C=O) groups excluding carboxylic acids is 1. The summed E-state index contributed by atoms with van der Waals surface area (Å²) in [6.07, 6.45) is -0.0212. The normalized spacial score (nSPS) is 12.0. The zero-order valence-electron chi connectivity index (χ0n) is 9.98. The van der Waals surface area contributed by atoms with Gasteiger partial charge >= 0.3 is 5.97 Å². The molecule has 0 spiro atoms. The lowest BCUT2D eigenvalue weighted by Gasteiger charge is -2.21. The molecule has 98 valence electrons. The Labute approximate surface area is 115 Å². The fourth-order valence-electron chi connectivity index (χ4n) is 1.36. The van der Waals surface area contributed by atoms with Crippen LogP contribution in [-0.2, 0) is 16.0 Å². The van der Waals surface area contributed by atoms with Crippen LogP contribution >= 0.6 is 23.2 Å². The van der Waals surface area contributed by atoms with Crippen molar-refractivity contribution < 1.29 is 14.7 Å². The summed E-state index contributed by atoms with van der Waals surface area (Å²) in [5, 5.41) is 9.62. The Morgan fingerprint density at radius 3 is 2.28 bits per heavy atom. The highest BCUT2D eigenvalue weighted by atomic mass is 35.5. The molecule has 1 atom stereocenters. The summed E-state index contributed by atoms with van der Waals surface area (Å²) in [7, 11) is 1.44. The zero-order valence-corrected chi connectivity index (χ0v) is 11.5. The SMILES string of the molecule is CC(C(=O)O)N(C)C(=O)Cc1c(Cl)cccc1Cl. The highest BCUT2D eigenvalue weighted by molar-refractivity contribution is 6.36. The number of carboxylic acids is 1. The molecule has 1 rings (SSSR count). The summed E-state index contributed by atoms with van der Waals surface area (Å²) in [4.78, 5) is 23.8. The second-order valence-electron chi connectivity index (χ2n) is 3.90. The van der Waals surface area contributed by atoms with Crippen LogP contribution < -0.4 is 0 Å². The lowest BCUT2D eigenvalue weighted by Crippen LogP contribution is -2.41. The van der Waals surface area contributed by atoms with Crippen molar-refractivity contribution in [3.8, 4) is 0 Å². The van der Waals surface area contributed by atoms with E-state index in [0.717, 1.165) is 4.90 Å². The summed E-state index contributed by atoms with van der Waals surface area (Å²) in [6.45, 7) is 1.44. The van der Waals surface area contributed by atoms with Crippen LogP contribution in [-0.4, -0.2) is 35.0 Å². The average Bonchev–Trinajstić information content (AvgIpc) is 2.31. The molecule has 0 aliphatic rings. The van der Waals surface area contributed by atoms with Crippen LogP contribution in [0.5, 0.6) is 0 Å². The quantitative estimate of drug-likeness (QED) is 0.926. The van der Waals surface area contributed by atoms with E-state index in [9.17, 15) is 9.59 Å². The van der Waals surface area contributed by atoms with Crippen molar-refractivity contribution in [3.05, 3.63) is 33.8 Å². The monoisotopic (exact) mass is 289 g/mol. The third kappa shape index (κ3) is 3.37. The van der Waals surface area contributed by atoms with Gasteiger partial charge in [-0.05, 0) is 24.6 Å². The van der Waals surface area contributed by atoms with E-state index in [2.05, 4.69) is 0 Å². The largest absolute Gasteiger partial charge is 0.480 e. The minimum Gasteiger partial charge on any atom is -0.480 e. The fraction of sp³-hybridized carbons (Fsp3) is 0.333. The first-order valence-corrected chi connectivity index (χ1v) is 6.01. The van der Waals surface area contributed by atoms with Gasteiger partial charge in [0.25, 0.3) is 0 Å². The van der Waals surface area contributed by atoms with Crippen LogP contribution in [0.1, 0.15) is 12.5 Å². The Morgan fingerprint density at radius 1 is 1.33 bits per heavy atom. The standard InChI is InChI=1S/C12H13Cl2NO3/c1-7(12(17)18)15(2)11(16)6-8-9(13)4-3-5-10(8)14/h3-5,7H,6H2,1-2H3,(H,17,18). The van der Waals surface area contributed by atoms with E-state index in [4.69, 9.17) is 28.3 Å². The molecule has 18 heavy (non-hydrogen) atoms. The highest BCUT2D eigenvalue weighted by Gasteiger charge is 2.22. The molecule has 6 heteroatoms. The lowest BCUT2D eigenvalue weighted by atomic mass is 10.1. The summed E-state index contributed by atoms with van der Waals surface area (Å²) >= 11 is 11.9. The molecule has 0 bridgehead atoms. The van der Waals surface area contributed by atoms with Gasteiger partial charge in [0, 0.05) is 17.1 Å². The second kappa shape index (κ2) is 6.07. The third-order valence-corrected chi connectivity index (χ3v) is 3.43. The Kier molecular flexibility index (Phi) is 4.99. The highest BCUT2D eigenvalue weighted by Crippen LogP contribution is 2.25. The number of likely N-dealkylation sites (N-methyl/N-ethyl adjacent to an activating group) is 1. The van der Waals surface area contributed by atoms with Gasteiger partial charge in [0.05, 0.1) is 6.42 Å². The molecular formula is C12H13Cl2NO3. The zero-order chi connectivity index (χ0) is 13.9. The number of halogens is 2. The molecule has 0 aliphatic heterocycles. The van der Waals surface area contributed by atoms with Crippen LogP contribution in [0.2, 0.25) is 10.0 Å². The molecule has 0 aromatic heterocycles. The molecule has 1 aromatic rings. The van der Waals surface area contributed by atoms with Gasteiger partial charge < -0.3 is 10.0 Å². The van der Waals surface area contributed by atoms with Crippen molar-refractivity contribution >= 4 is 35.1 Å². The van der Waals surface area contributed by atoms with E-state index < -0.39 is 12.0 Å². The Balaban J connectivity index is 2.85. The van der Waals surface area contributed by atoms with Crippen molar-refractivity contribution in [2.45, 2.75) is 19.4 Å². The summed E-state index contributed by atoms with van der Waals surface area (Å²) < 4.78 is 0. The number of amides is 1. The number of nitrogens with zero attached hydrogens (tertiary/aromatic N) is 1. The topological polar surface area (TPSA) is 57.6 Å². The predicted molar refractivity (Wildman–Crippen MR) is 70.0 cm³/mol. The molecule has 0 saturated heterocycles. The van der Waals surface area contributed by atoms with Gasteiger partial charge in [-0.25, -0.2) is 4.79 Å². The number of hydrogen-bond donors (Lipinski definition) is 1. The van der Waals surface area contributed by atoms with Crippen molar-refractivity contribution in [3.63, 3.8) is 0 Å². The van der Waals surface area contributed by atoms with Gasteiger partial charge in [-0.15, -0.1) is 0 Å². The Bertz CT molecular complexity index is 456. The number of carbonyl (C=O) groups is 2. The van der Waals surface area contributed by atoms with Gasteiger partial charge in [-0.2, -0.15) is 0 Å². The Hall–Kier alpha value is -1.26. The van der Waals surface area contributed by atoms with Crippen LogP contribution in [0.4, 0.5) is 0 Å². The predicted octanol–water partition coefficient (Wildman–Crippen LogP) is 2.47. The average molecular weight is 290 g/mol. The molecule has 0 aliphatic carbocycles. The maximum Gasteiger partial charge on any atom is 0.326 e. The summed E-state index contributed by atoms with van der Waals surface area (Å²) in [5.74, 6) is -1.41. The number of aliphatic carboxylic acids is 1. The van der Waals surface area contributed by atoms with Crippen LogP contribution in [0.3, 0.4) is 0 Å². The molecule has 1 unspecified atom stereocenters. The van der Waals surface area contributed by atoms with Crippen molar-refractivity contribution in [2.75, 3.05) is 7.05 Å². The number of rotatable bonds is 4.